The quantitative estimate of drug-likeness (QED) is 0.221. The fraction of sp³-hybridized carbons (Fsp3) is 0.111. The molecule has 0 bridgehead atoms. The van der Waals surface area contributed by atoms with Crippen molar-refractivity contribution < 1.29 is 28.6 Å². The Morgan fingerprint density at radius 1 is 0.914 bits per heavy atom. The maximum atomic E-state index is 12.6. The van der Waals surface area contributed by atoms with E-state index in [4.69, 9.17) is 14.2 Å². The van der Waals surface area contributed by atoms with Crippen LogP contribution in [0, 0.1) is 11.3 Å². The second-order valence-corrected chi connectivity index (χ2v) is 7.09. The number of anilines is 1. The first-order valence-corrected chi connectivity index (χ1v) is 10.6. The van der Waals surface area contributed by atoms with Crippen LogP contribution in [-0.4, -0.2) is 31.6 Å². The van der Waals surface area contributed by atoms with Crippen LogP contribution >= 0.6 is 0 Å². The topological polar surface area (TPSA) is 115 Å². The predicted molar refractivity (Wildman–Crippen MR) is 129 cm³/mol. The summed E-state index contributed by atoms with van der Waals surface area (Å²) in [7, 11) is 1.42. The molecule has 8 nitrogen and oxygen atoms in total. The van der Waals surface area contributed by atoms with Gasteiger partial charge in [0.05, 0.1) is 24.8 Å². The highest BCUT2D eigenvalue weighted by molar-refractivity contribution is 6.09. The normalized spacial score (nSPS) is 10.6. The number of carbonyl (C=O) groups excluding carboxylic acids is 3. The number of carbonyl (C=O) groups is 3. The van der Waals surface area contributed by atoms with Crippen LogP contribution in [0.1, 0.15) is 33.2 Å². The molecule has 3 aromatic rings. The van der Waals surface area contributed by atoms with E-state index in [1.807, 2.05) is 6.07 Å². The number of rotatable bonds is 8. The second kappa shape index (κ2) is 11.8. The van der Waals surface area contributed by atoms with Gasteiger partial charge in [-0.3, -0.25) is 4.79 Å². The van der Waals surface area contributed by atoms with E-state index in [-0.39, 0.29) is 23.7 Å². The Balaban J connectivity index is 1.74. The third kappa shape index (κ3) is 6.55. The highest BCUT2D eigenvalue weighted by atomic mass is 16.6. The molecule has 0 heterocycles. The van der Waals surface area contributed by atoms with E-state index in [1.165, 1.54) is 43.5 Å². The Hall–Kier alpha value is -4.90. The van der Waals surface area contributed by atoms with Crippen molar-refractivity contribution in [3.8, 4) is 17.6 Å². The standard InChI is InChI=1S/C27H22N2O6/c1-3-34-26(31)20-10-12-22(13-11-20)29-25(30)21(17-28)15-18-9-14-23(24(16-18)33-2)35-27(32)19-7-5-4-6-8-19/h4-16H,3H2,1-2H3,(H,29,30). The van der Waals surface area contributed by atoms with Gasteiger partial charge < -0.3 is 19.5 Å². The Labute approximate surface area is 202 Å². The van der Waals surface area contributed by atoms with Crippen LogP contribution in [0.25, 0.3) is 6.08 Å². The number of methoxy groups -OCH3 is 1. The number of esters is 2. The molecule has 1 N–H and O–H groups in total. The molecule has 0 saturated heterocycles. The summed E-state index contributed by atoms with van der Waals surface area (Å²) >= 11 is 0. The monoisotopic (exact) mass is 470 g/mol. The summed E-state index contributed by atoms with van der Waals surface area (Å²) < 4.78 is 15.7. The molecule has 0 radical (unpaired) electrons. The van der Waals surface area contributed by atoms with E-state index >= 15 is 0 Å². The van der Waals surface area contributed by atoms with Gasteiger partial charge in [0.2, 0.25) is 0 Å². The highest BCUT2D eigenvalue weighted by Gasteiger charge is 2.14. The number of ether oxygens (including phenoxy) is 3. The summed E-state index contributed by atoms with van der Waals surface area (Å²) in [5.74, 6) is -1.18. The lowest BCUT2D eigenvalue weighted by Gasteiger charge is -2.10. The van der Waals surface area contributed by atoms with Crippen molar-refractivity contribution in [1.29, 1.82) is 5.26 Å². The predicted octanol–water partition coefficient (Wildman–Crippen LogP) is 4.64. The Morgan fingerprint density at radius 2 is 1.60 bits per heavy atom. The largest absolute Gasteiger partial charge is 0.493 e. The van der Waals surface area contributed by atoms with E-state index in [0.29, 0.717) is 22.4 Å². The molecule has 0 atom stereocenters. The SMILES string of the molecule is CCOC(=O)c1ccc(NC(=O)C(C#N)=Cc2ccc(OC(=O)c3ccccc3)c(OC)c2)cc1. The first-order valence-electron chi connectivity index (χ1n) is 10.6. The van der Waals surface area contributed by atoms with Gasteiger partial charge in [-0.05, 0) is 67.1 Å². The third-order valence-electron chi connectivity index (χ3n) is 4.73. The molecule has 0 aromatic heterocycles. The molecule has 176 valence electrons. The molecule has 0 aliphatic carbocycles. The molecule has 0 aliphatic heterocycles. The van der Waals surface area contributed by atoms with Crippen molar-refractivity contribution >= 4 is 29.6 Å². The second-order valence-electron chi connectivity index (χ2n) is 7.09. The van der Waals surface area contributed by atoms with Crippen LogP contribution in [0.4, 0.5) is 5.69 Å². The van der Waals surface area contributed by atoms with Gasteiger partial charge in [0, 0.05) is 5.69 Å². The number of nitrogens with zero attached hydrogens (tertiary/aromatic N) is 1. The zero-order valence-corrected chi connectivity index (χ0v) is 19.1. The molecule has 3 rings (SSSR count). The lowest BCUT2D eigenvalue weighted by Crippen LogP contribution is -2.13. The van der Waals surface area contributed by atoms with Crippen LogP contribution in [-0.2, 0) is 9.53 Å². The highest BCUT2D eigenvalue weighted by Crippen LogP contribution is 2.30. The molecular formula is C27H22N2O6. The number of hydrogen-bond donors (Lipinski definition) is 1. The number of amides is 1. The minimum absolute atomic E-state index is 0.157. The van der Waals surface area contributed by atoms with Gasteiger partial charge in [-0.15, -0.1) is 0 Å². The van der Waals surface area contributed by atoms with Crippen LogP contribution < -0.4 is 14.8 Å². The first-order chi connectivity index (χ1) is 16.9. The minimum atomic E-state index is -0.630. The molecule has 35 heavy (non-hydrogen) atoms. The Bertz CT molecular complexity index is 1290. The van der Waals surface area contributed by atoms with Crippen LogP contribution in [0.2, 0.25) is 0 Å². The van der Waals surface area contributed by atoms with Gasteiger partial charge in [0.15, 0.2) is 11.5 Å². The molecule has 0 saturated carbocycles. The van der Waals surface area contributed by atoms with Crippen LogP contribution in [0.15, 0.2) is 78.4 Å². The number of nitrogens with one attached hydrogen (secondary N) is 1. The smallest absolute Gasteiger partial charge is 0.343 e. The van der Waals surface area contributed by atoms with E-state index in [2.05, 4.69) is 5.32 Å². The Morgan fingerprint density at radius 3 is 2.23 bits per heavy atom. The summed E-state index contributed by atoms with van der Waals surface area (Å²) in [6.45, 7) is 1.97. The number of nitriles is 1. The summed E-state index contributed by atoms with van der Waals surface area (Å²) in [6.07, 6.45) is 1.38. The molecule has 3 aromatic carbocycles. The average Bonchev–Trinajstić information content (AvgIpc) is 2.88. The molecule has 0 spiro atoms. The first kappa shape index (κ1) is 24.7. The van der Waals surface area contributed by atoms with Gasteiger partial charge >= 0.3 is 11.9 Å². The Kier molecular flexibility index (Phi) is 8.35. The van der Waals surface area contributed by atoms with Gasteiger partial charge in [-0.25, -0.2) is 9.59 Å². The fourth-order valence-electron chi connectivity index (χ4n) is 3.01. The van der Waals surface area contributed by atoms with Gasteiger partial charge in [-0.1, -0.05) is 24.3 Å². The summed E-state index contributed by atoms with van der Waals surface area (Å²) in [5, 5.41) is 12.1. The van der Waals surface area contributed by atoms with Crippen molar-refractivity contribution in [3.05, 3.63) is 95.1 Å². The van der Waals surface area contributed by atoms with Gasteiger partial charge in [-0.2, -0.15) is 5.26 Å². The summed E-state index contributed by atoms with van der Waals surface area (Å²) in [4.78, 5) is 36.7. The lowest BCUT2D eigenvalue weighted by atomic mass is 10.1. The van der Waals surface area contributed by atoms with Gasteiger partial charge in [0.1, 0.15) is 11.6 Å². The maximum Gasteiger partial charge on any atom is 0.343 e. The minimum Gasteiger partial charge on any atom is -0.493 e. The van der Waals surface area contributed by atoms with E-state index in [9.17, 15) is 19.6 Å². The fourth-order valence-corrected chi connectivity index (χ4v) is 3.01. The van der Waals surface area contributed by atoms with E-state index in [0.717, 1.165) is 0 Å². The van der Waals surface area contributed by atoms with Crippen molar-refractivity contribution in [3.63, 3.8) is 0 Å². The zero-order chi connectivity index (χ0) is 25.2. The third-order valence-corrected chi connectivity index (χ3v) is 4.73. The molecule has 0 aliphatic rings. The van der Waals surface area contributed by atoms with Crippen LogP contribution in [0.5, 0.6) is 11.5 Å². The van der Waals surface area contributed by atoms with Crippen molar-refractivity contribution in [2.24, 2.45) is 0 Å². The van der Waals surface area contributed by atoms with Crippen molar-refractivity contribution in [2.45, 2.75) is 6.92 Å². The van der Waals surface area contributed by atoms with E-state index < -0.39 is 17.8 Å². The zero-order valence-electron chi connectivity index (χ0n) is 19.1. The summed E-state index contributed by atoms with van der Waals surface area (Å²) in [5.41, 5.74) is 1.48. The number of hydrogen-bond acceptors (Lipinski definition) is 7. The molecule has 0 unspecified atom stereocenters. The molecule has 8 heteroatoms. The average molecular weight is 470 g/mol. The number of benzene rings is 3. The van der Waals surface area contributed by atoms with Crippen molar-refractivity contribution in [1.82, 2.24) is 0 Å². The molecule has 1 amide bonds. The van der Waals surface area contributed by atoms with E-state index in [1.54, 1.807) is 49.4 Å². The van der Waals surface area contributed by atoms with Gasteiger partial charge in [0.25, 0.3) is 5.91 Å². The molecule has 0 fully saturated rings. The summed E-state index contributed by atoms with van der Waals surface area (Å²) in [6, 6.07) is 21.2. The molecular weight excluding hydrogens is 448 g/mol. The van der Waals surface area contributed by atoms with Crippen molar-refractivity contribution in [2.75, 3.05) is 19.0 Å². The maximum absolute atomic E-state index is 12.6. The van der Waals surface area contributed by atoms with Crippen LogP contribution in [0.3, 0.4) is 0 Å². The lowest BCUT2D eigenvalue weighted by molar-refractivity contribution is -0.112.